The fourth-order valence-electron chi connectivity index (χ4n) is 1.12. The van der Waals surface area contributed by atoms with Crippen LogP contribution >= 0.6 is 0 Å². The summed E-state index contributed by atoms with van der Waals surface area (Å²) in [4.78, 5) is 0. The van der Waals surface area contributed by atoms with Crippen molar-refractivity contribution in [3.05, 3.63) is 34.9 Å². The molecule has 0 saturated carbocycles. The number of alkyl halides is 6. The molecule has 0 heterocycles. The van der Waals surface area contributed by atoms with Crippen molar-refractivity contribution in [3.63, 3.8) is 0 Å². The van der Waals surface area contributed by atoms with E-state index in [2.05, 4.69) is 5.16 Å². The van der Waals surface area contributed by atoms with Gasteiger partial charge in [-0.25, -0.2) is 0 Å². The Morgan fingerprint density at radius 2 is 1.29 bits per heavy atom. The predicted octanol–water partition coefficient (Wildman–Crippen LogP) is 3.53. The number of halogens is 6. The van der Waals surface area contributed by atoms with Crippen LogP contribution in [0.15, 0.2) is 23.4 Å². The van der Waals surface area contributed by atoms with E-state index in [4.69, 9.17) is 5.21 Å². The standard InChI is InChI=1S/C9H5F6NO/c10-8(11,12)6-1-5(4-16-17)2-7(3-6)9(13,14)15/h1-4,17H/b16-4+. The minimum Gasteiger partial charge on any atom is -0.411 e. The van der Waals surface area contributed by atoms with Crippen molar-refractivity contribution in [1.82, 2.24) is 0 Å². The summed E-state index contributed by atoms with van der Waals surface area (Å²) in [6, 6.07) is 0.901. The topological polar surface area (TPSA) is 32.6 Å². The zero-order valence-electron chi connectivity index (χ0n) is 7.97. The fourth-order valence-corrected chi connectivity index (χ4v) is 1.12. The summed E-state index contributed by atoms with van der Waals surface area (Å²) in [6.07, 6.45) is -9.32. The number of hydrogen-bond acceptors (Lipinski definition) is 2. The Labute approximate surface area is 91.2 Å². The second-order valence-corrected chi connectivity index (χ2v) is 3.08. The number of hydrogen-bond donors (Lipinski definition) is 1. The molecule has 1 N–H and O–H groups in total. The summed E-state index contributed by atoms with van der Waals surface area (Å²) in [5, 5.41) is 10.5. The Hall–Kier alpha value is -1.73. The van der Waals surface area contributed by atoms with E-state index in [-0.39, 0.29) is 6.07 Å². The van der Waals surface area contributed by atoms with Gasteiger partial charge in [0.05, 0.1) is 17.3 Å². The molecule has 0 aliphatic carbocycles. The lowest BCUT2D eigenvalue weighted by molar-refractivity contribution is -0.143. The molecule has 0 unspecified atom stereocenters. The van der Waals surface area contributed by atoms with Crippen molar-refractivity contribution in [2.75, 3.05) is 0 Å². The predicted molar refractivity (Wildman–Crippen MR) is 45.8 cm³/mol. The molecule has 0 atom stereocenters. The smallest absolute Gasteiger partial charge is 0.411 e. The Kier molecular flexibility index (Phi) is 3.35. The minimum atomic E-state index is -4.90. The van der Waals surface area contributed by atoms with E-state index in [0.29, 0.717) is 18.3 Å². The van der Waals surface area contributed by atoms with Crippen LogP contribution in [-0.2, 0) is 12.4 Å². The van der Waals surface area contributed by atoms with E-state index in [9.17, 15) is 26.3 Å². The zero-order chi connectivity index (χ0) is 13.3. The summed E-state index contributed by atoms with van der Waals surface area (Å²) in [7, 11) is 0. The largest absolute Gasteiger partial charge is 0.416 e. The molecular formula is C9H5F6NO. The van der Waals surface area contributed by atoms with Crippen molar-refractivity contribution in [2.45, 2.75) is 12.4 Å². The number of nitrogens with zero attached hydrogens (tertiary/aromatic N) is 1. The highest BCUT2D eigenvalue weighted by Gasteiger charge is 2.36. The molecule has 0 aliphatic rings. The van der Waals surface area contributed by atoms with E-state index >= 15 is 0 Å². The molecule has 0 radical (unpaired) electrons. The number of benzene rings is 1. The molecular weight excluding hydrogens is 252 g/mol. The van der Waals surface area contributed by atoms with E-state index in [0.717, 1.165) is 0 Å². The fraction of sp³-hybridized carbons (Fsp3) is 0.222. The molecule has 8 heteroatoms. The Morgan fingerprint density at radius 1 is 0.882 bits per heavy atom. The maximum atomic E-state index is 12.3. The maximum absolute atomic E-state index is 12.3. The molecule has 1 rings (SSSR count). The molecule has 94 valence electrons. The van der Waals surface area contributed by atoms with Gasteiger partial charge in [0.1, 0.15) is 0 Å². The number of rotatable bonds is 1. The van der Waals surface area contributed by atoms with Gasteiger partial charge < -0.3 is 5.21 Å². The summed E-state index contributed by atoms with van der Waals surface area (Å²) in [6.45, 7) is 0. The molecule has 0 spiro atoms. The van der Waals surface area contributed by atoms with Crippen LogP contribution in [0.2, 0.25) is 0 Å². The molecule has 0 fully saturated rings. The molecule has 0 bridgehead atoms. The van der Waals surface area contributed by atoms with Crippen LogP contribution in [0.4, 0.5) is 26.3 Å². The Balaban J connectivity index is 3.39. The first-order valence-corrected chi connectivity index (χ1v) is 4.11. The first-order valence-electron chi connectivity index (χ1n) is 4.11. The molecule has 0 aliphatic heterocycles. The van der Waals surface area contributed by atoms with Gasteiger partial charge in [0, 0.05) is 0 Å². The van der Waals surface area contributed by atoms with Crippen molar-refractivity contribution in [2.24, 2.45) is 5.16 Å². The van der Waals surface area contributed by atoms with Crippen LogP contribution < -0.4 is 0 Å². The van der Waals surface area contributed by atoms with Gasteiger partial charge in [-0.2, -0.15) is 26.3 Å². The summed E-state index contributed by atoms with van der Waals surface area (Å²) < 4.78 is 73.8. The third kappa shape index (κ3) is 3.36. The van der Waals surface area contributed by atoms with Crippen molar-refractivity contribution in [1.29, 1.82) is 0 Å². The van der Waals surface area contributed by atoms with E-state index in [1.807, 2.05) is 0 Å². The van der Waals surface area contributed by atoms with Crippen LogP contribution in [0.1, 0.15) is 16.7 Å². The van der Waals surface area contributed by atoms with Gasteiger partial charge in [-0.05, 0) is 23.8 Å². The van der Waals surface area contributed by atoms with E-state index in [1.165, 1.54) is 0 Å². The third-order valence-electron chi connectivity index (χ3n) is 1.82. The average molecular weight is 257 g/mol. The summed E-state index contributed by atoms with van der Waals surface area (Å²) >= 11 is 0. The van der Waals surface area contributed by atoms with Crippen molar-refractivity contribution in [3.8, 4) is 0 Å². The normalized spacial score (nSPS) is 13.3. The molecule has 17 heavy (non-hydrogen) atoms. The van der Waals surface area contributed by atoms with Gasteiger partial charge in [0.2, 0.25) is 0 Å². The van der Waals surface area contributed by atoms with E-state index < -0.39 is 29.0 Å². The molecule has 2 nitrogen and oxygen atoms in total. The highest BCUT2D eigenvalue weighted by molar-refractivity contribution is 5.79. The van der Waals surface area contributed by atoms with Crippen LogP contribution in [0, 0.1) is 0 Å². The van der Waals surface area contributed by atoms with Crippen LogP contribution in [0.3, 0.4) is 0 Å². The third-order valence-corrected chi connectivity index (χ3v) is 1.82. The van der Waals surface area contributed by atoms with Crippen LogP contribution in [-0.4, -0.2) is 11.4 Å². The van der Waals surface area contributed by atoms with Gasteiger partial charge >= 0.3 is 12.4 Å². The van der Waals surface area contributed by atoms with Crippen molar-refractivity contribution < 1.29 is 31.5 Å². The van der Waals surface area contributed by atoms with Crippen LogP contribution in [0.5, 0.6) is 0 Å². The number of oxime groups is 1. The average Bonchev–Trinajstić information content (AvgIpc) is 2.15. The van der Waals surface area contributed by atoms with Gasteiger partial charge in [-0.15, -0.1) is 0 Å². The van der Waals surface area contributed by atoms with Crippen molar-refractivity contribution >= 4 is 6.21 Å². The lowest BCUT2D eigenvalue weighted by atomic mass is 10.1. The zero-order valence-corrected chi connectivity index (χ0v) is 7.97. The lowest BCUT2D eigenvalue weighted by Crippen LogP contribution is -2.11. The van der Waals surface area contributed by atoms with Gasteiger partial charge in [-0.3, -0.25) is 0 Å². The molecule has 1 aromatic rings. The quantitative estimate of drug-likeness (QED) is 0.355. The second-order valence-electron chi connectivity index (χ2n) is 3.08. The Morgan fingerprint density at radius 3 is 1.59 bits per heavy atom. The molecule has 1 aromatic carbocycles. The Bertz CT molecular complexity index is 402. The van der Waals surface area contributed by atoms with Gasteiger partial charge in [0.25, 0.3) is 0 Å². The lowest BCUT2D eigenvalue weighted by Gasteiger charge is -2.12. The summed E-state index contributed by atoms with van der Waals surface area (Å²) in [5.41, 5.74) is -3.40. The first kappa shape index (κ1) is 13.3. The molecule has 0 saturated heterocycles. The monoisotopic (exact) mass is 257 g/mol. The highest BCUT2D eigenvalue weighted by atomic mass is 19.4. The molecule has 0 amide bonds. The maximum Gasteiger partial charge on any atom is 0.416 e. The second kappa shape index (κ2) is 4.27. The summed E-state index contributed by atoms with van der Waals surface area (Å²) in [5.74, 6) is 0. The SMILES string of the molecule is O/N=C/c1cc(C(F)(F)F)cc(C(F)(F)F)c1. The van der Waals surface area contributed by atoms with E-state index in [1.54, 1.807) is 0 Å². The minimum absolute atomic E-state index is 0.00524. The molecule has 0 aromatic heterocycles. The highest BCUT2D eigenvalue weighted by Crippen LogP contribution is 2.35. The van der Waals surface area contributed by atoms with Crippen LogP contribution in [0.25, 0.3) is 0 Å². The first-order chi connectivity index (χ1) is 7.64. The van der Waals surface area contributed by atoms with Gasteiger partial charge in [0.15, 0.2) is 0 Å². The van der Waals surface area contributed by atoms with Gasteiger partial charge in [-0.1, -0.05) is 5.16 Å².